The van der Waals surface area contributed by atoms with Gasteiger partial charge in [0.25, 0.3) is 0 Å². The van der Waals surface area contributed by atoms with E-state index in [0.717, 1.165) is 0 Å². The molecule has 1 aromatic heterocycles. The molecule has 0 atom stereocenters. The summed E-state index contributed by atoms with van der Waals surface area (Å²) in [5.74, 6) is -19.4. The fraction of sp³-hybridized carbons (Fsp3) is 0.444. The van der Waals surface area contributed by atoms with E-state index in [2.05, 4.69) is 4.98 Å². The quantitative estimate of drug-likeness (QED) is 0.580. The number of halogens is 10. The Morgan fingerprint density at radius 2 is 1.30 bits per heavy atom. The number of rotatable bonds is 3. The summed E-state index contributed by atoms with van der Waals surface area (Å²) < 4.78 is 113. The van der Waals surface area contributed by atoms with Crippen LogP contribution in [-0.4, -0.2) is 23.0 Å². The van der Waals surface area contributed by atoms with Crippen molar-refractivity contribution in [3.8, 4) is 0 Å². The highest BCUT2D eigenvalue weighted by Gasteiger charge is 2.82. The second-order valence-corrected chi connectivity index (χ2v) is 3.98. The van der Waals surface area contributed by atoms with E-state index in [1.54, 1.807) is 0 Å². The molecule has 0 aliphatic carbocycles. The van der Waals surface area contributed by atoms with Crippen molar-refractivity contribution in [2.75, 3.05) is 0 Å². The van der Waals surface area contributed by atoms with Gasteiger partial charge in [0.05, 0.1) is 0 Å². The van der Waals surface area contributed by atoms with Gasteiger partial charge < -0.3 is 0 Å². The maximum atomic E-state index is 13.3. The van der Waals surface area contributed by atoms with Crippen LogP contribution in [0.3, 0.4) is 0 Å². The first-order valence-electron chi connectivity index (χ1n) is 4.57. The molecule has 1 aromatic rings. The molecular weight excluding hydrogens is 329 g/mol. The minimum atomic E-state index is -6.93. The van der Waals surface area contributed by atoms with Crippen LogP contribution in [0.2, 0.25) is 5.15 Å². The Hall–Kier alpha value is -1.19. The van der Waals surface area contributed by atoms with Crippen LogP contribution in [0.25, 0.3) is 0 Å². The zero-order chi connectivity index (χ0) is 16.0. The third kappa shape index (κ3) is 2.40. The van der Waals surface area contributed by atoms with E-state index in [0.29, 0.717) is 6.07 Å². The highest BCUT2D eigenvalue weighted by Crippen LogP contribution is 2.56. The molecule has 0 N–H and O–H groups in total. The Morgan fingerprint density at radius 3 is 1.65 bits per heavy atom. The first kappa shape index (κ1) is 16.9. The Balaban J connectivity index is 3.35. The summed E-state index contributed by atoms with van der Waals surface area (Å²) in [6.07, 6.45) is -6.86. The lowest BCUT2D eigenvalue weighted by molar-refractivity contribution is -0.399. The van der Waals surface area contributed by atoms with E-state index in [9.17, 15) is 39.5 Å². The lowest BCUT2D eigenvalue weighted by atomic mass is 9.98. The molecule has 20 heavy (non-hydrogen) atoms. The third-order valence-electron chi connectivity index (χ3n) is 2.23. The molecule has 11 heteroatoms. The Bertz CT molecular complexity index is 479. The number of alkyl halides is 9. The largest absolute Gasteiger partial charge is 0.460 e. The molecule has 1 rings (SSSR count). The van der Waals surface area contributed by atoms with Gasteiger partial charge >= 0.3 is 23.9 Å². The molecule has 114 valence electrons. The van der Waals surface area contributed by atoms with Crippen LogP contribution in [0.5, 0.6) is 0 Å². The summed E-state index contributed by atoms with van der Waals surface area (Å²) in [6.45, 7) is 0. The van der Waals surface area contributed by atoms with Gasteiger partial charge in [0.15, 0.2) is 0 Å². The van der Waals surface area contributed by atoms with Crippen molar-refractivity contribution < 1.29 is 39.5 Å². The maximum Gasteiger partial charge on any atom is 0.460 e. The molecule has 0 bridgehead atoms. The monoisotopic (exact) mass is 331 g/mol. The zero-order valence-electron chi connectivity index (χ0n) is 8.96. The van der Waals surface area contributed by atoms with Crippen LogP contribution in [0, 0.1) is 0 Å². The summed E-state index contributed by atoms with van der Waals surface area (Å²) in [5, 5.41) is -0.435. The standard InChI is InChI=1S/C9H3ClF9N/c10-5-2-1-4(3-20-5)6(11,12)7(13,14)8(15,16)9(17,18)19/h1-3H. The number of hydrogen-bond acceptors (Lipinski definition) is 1. The van der Waals surface area contributed by atoms with Gasteiger partial charge in [-0.2, -0.15) is 39.5 Å². The van der Waals surface area contributed by atoms with Gasteiger partial charge in [0.1, 0.15) is 5.15 Å². The van der Waals surface area contributed by atoms with Crippen LogP contribution in [0.1, 0.15) is 5.56 Å². The minimum Gasteiger partial charge on any atom is -0.244 e. The second kappa shape index (κ2) is 4.68. The van der Waals surface area contributed by atoms with Gasteiger partial charge in [-0.25, -0.2) is 4.98 Å². The van der Waals surface area contributed by atoms with E-state index < -0.39 is 34.7 Å². The SMILES string of the molecule is FC(F)(F)C(F)(F)C(F)(F)C(F)(F)c1ccc(Cl)nc1. The Morgan fingerprint density at radius 1 is 0.800 bits per heavy atom. The van der Waals surface area contributed by atoms with E-state index in [1.165, 1.54) is 0 Å². The molecule has 1 nitrogen and oxygen atoms in total. The molecule has 0 fully saturated rings. The third-order valence-corrected chi connectivity index (χ3v) is 2.46. The van der Waals surface area contributed by atoms with Gasteiger partial charge in [-0.05, 0) is 12.1 Å². The van der Waals surface area contributed by atoms with E-state index in [1.807, 2.05) is 0 Å². The van der Waals surface area contributed by atoms with Gasteiger partial charge in [-0.3, -0.25) is 0 Å². The maximum absolute atomic E-state index is 13.3. The smallest absolute Gasteiger partial charge is 0.244 e. The van der Waals surface area contributed by atoms with Gasteiger partial charge in [0.2, 0.25) is 0 Å². The number of nitrogens with zero attached hydrogens (tertiary/aromatic N) is 1. The summed E-state index contributed by atoms with van der Waals surface area (Å²) in [5.41, 5.74) is -1.82. The van der Waals surface area contributed by atoms with Crippen LogP contribution < -0.4 is 0 Å². The first-order chi connectivity index (χ1) is 8.75. The molecule has 0 aromatic carbocycles. The fourth-order valence-corrected chi connectivity index (χ4v) is 1.23. The summed E-state index contributed by atoms with van der Waals surface area (Å²) >= 11 is 5.17. The van der Waals surface area contributed by atoms with E-state index >= 15 is 0 Å². The van der Waals surface area contributed by atoms with Crippen LogP contribution in [-0.2, 0) is 5.92 Å². The molecule has 0 amide bonds. The Kier molecular flexibility index (Phi) is 3.94. The van der Waals surface area contributed by atoms with E-state index in [4.69, 9.17) is 11.6 Å². The topological polar surface area (TPSA) is 12.9 Å². The van der Waals surface area contributed by atoms with Crippen LogP contribution >= 0.6 is 11.6 Å². The first-order valence-corrected chi connectivity index (χ1v) is 4.95. The van der Waals surface area contributed by atoms with E-state index in [-0.39, 0.29) is 12.3 Å². The molecular formula is C9H3ClF9N. The molecule has 0 aliphatic rings. The lowest BCUT2D eigenvalue weighted by Gasteiger charge is -2.33. The minimum absolute atomic E-state index is 0.0112. The molecule has 0 spiro atoms. The highest BCUT2D eigenvalue weighted by atomic mass is 35.5. The predicted octanol–water partition coefficient (Wildman–Crippen LogP) is 4.66. The number of hydrogen-bond donors (Lipinski definition) is 0. The van der Waals surface area contributed by atoms with Crippen molar-refractivity contribution in [3.05, 3.63) is 29.0 Å². The predicted molar refractivity (Wildman–Crippen MR) is 49.1 cm³/mol. The summed E-state index contributed by atoms with van der Waals surface area (Å²) in [6, 6.07) is 0.725. The molecule has 0 radical (unpaired) electrons. The second-order valence-electron chi connectivity index (χ2n) is 3.59. The van der Waals surface area contributed by atoms with Crippen molar-refractivity contribution in [3.63, 3.8) is 0 Å². The van der Waals surface area contributed by atoms with Crippen molar-refractivity contribution in [2.24, 2.45) is 0 Å². The average molecular weight is 332 g/mol. The van der Waals surface area contributed by atoms with Crippen molar-refractivity contribution in [1.82, 2.24) is 4.98 Å². The number of aromatic nitrogens is 1. The van der Waals surface area contributed by atoms with Gasteiger partial charge in [-0.15, -0.1) is 0 Å². The van der Waals surface area contributed by atoms with Crippen molar-refractivity contribution in [2.45, 2.75) is 23.9 Å². The van der Waals surface area contributed by atoms with Crippen molar-refractivity contribution in [1.29, 1.82) is 0 Å². The summed E-state index contributed by atoms with van der Waals surface area (Å²) in [7, 11) is 0. The Labute approximate surface area is 110 Å². The normalized spacial score (nSPS) is 14.5. The van der Waals surface area contributed by atoms with Crippen LogP contribution in [0.4, 0.5) is 39.5 Å². The summed E-state index contributed by atoms with van der Waals surface area (Å²) in [4.78, 5) is 2.93. The van der Waals surface area contributed by atoms with Crippen LogP contribution in [0.15, 0.2) is 18.3 Å². The lowest BCUT2D eigenvalue weighted by Crippen LogP contribution is -2.59. The molecule has 0 aliphatic heterocycles. The highest BCUT2D eigenvalue weighted by molar-refractivity contribution is 6.29. The number of pyridine rings is 1. The molecule has 1 heterocycles. The zero-order valence-corrected chi connectivity index (χ0v) is 9.71. The molecule has 0 saturated carbocycles. The molecule has 0 saturated heterocycles. The average Bonchev–Trinajstić information content (AvgIpc) is 2.27. The van der Waals surface area contributed by atoms with Crippen molar-refractivity contribution >= 4 is 11.6 Å². The van der Waals surface area contributed by atoms with Gasteiger partial charge in [-0.1, -0.05) is 11.6 Å². The molecule has 0 unspecified atom stereocenters. The van der Waals surface area contributed by atoms with Gasteiger partial charge in [0, 0.05) is 11.8 Å². The fourth-order valence-electron chi connectivity index (χ4n) is 1.12.